The predicted octanol–water partition coefficient (Wildman–Crippen LogP) is 0.404. The van der Waals surface area contributed by atoms with E-state index in [0.29, 0.717) is 0 Å². The van der Waals surface area contributed by atoms with E-state index < -0.39 is 12.2 Å². The summed E-state index contributed by atoms with van der Waals surface area (Å²) in [7, 11) is 2.57. The standard InChI is InChI=1S/2C3H6N2O2.Zn/c2*1-5(2-4)3(6)7;/h2*2,4H,1H3,(H,6,7);. The van der Waals surface area contributed by atoms with Crippen molar-refractivity contribution in [3.05, 3.63) is 0 Å². The maximum Gasteiger partial charge on any atom is 0.412 e. The van der Waals surface area contributed by atoms with Crippen LogP contribution in [0.25, 0.3) is 0 Å². The van der Waals surface area contributed by atoms with Crippen molar-refractivity contribution >= 4 is 24.9 Å². The van der Waals surface area contributed by atoms with Gasteiger partial charge in [-0.1, -0.05) is 0 Å². The van der Waals surface area contributed by atoms with E-state index in [4.69, 9.17) is 21.0 Å². The second-order valence-corrected chi connectivity index (χ2v) is 2.05. The van der Waals surface area contributed by atoms with E-state index in [1.165, 1.54) is 14.1 Å². The summed E-state index contributed by atoms with van der Waals surface area (Å²) in [5.41, 5.74) is 0. The SMILES string of the molecule is CN(C=N)C(=O)O.CN(C=N)C(=O)O.[Zn]. The number of carbonyl (C=O) groups is 2. The van der Waals surface area contributed by atoms with Gasteiger partial charge in [0.25, 0.3) is 0 Å². The minimum atomic E-state index is -1.12. The van der Waals surface area contributed by atoms with E-state index in [2.05, 4.69) is 0 Å². The number of carboxylic acid groups (broad SMARTS) is 2. The summed E-state index contributed by atoms with van der Waals surface area (Å²) in [5.74, 6) is 0. The van der Waals surface area contributed by atoms with Crippen LogP contribution in [0.15, 0.2) is 0 Å². The summed E-state index contributed by atoms with van der Waals surface area (Å²) in [6.45, 7) is 0. The molecule has 0 heterocycles. The Morgan fingerprint density at radius 1 is 1.00 bits per heavy atom. The van der Waals surface area contributed by atoms with Crippen LogP contribution < -0.4 is 0 Å². The summed E-state index contributed by atoms with van der Waals surface area (Å²) < 4.78 is 0. The Bertz CT molecular complexity index is 211. The zero-order valence-electron chi connectivity index (χ0n) is 8.47. The van der Waals surface area contributed by atoms with Crippen LogP contribution in [-0.4, -0.2) is 59.0 Å². The molecule has 0 aliphatic heterocycles. The molecule has 0 saturated heterocycles. The average molecular weight is 270 g/mol. The first kappa shape index (κ1) is 19.1. The molecule has 0 aliphatic rings. The van der Waals surface area contributed by atoms with Crippen LogP contribution in [0.4, 0.5) is 9.59 Å². The van der Waals surface area contributed by atoms with Gasteiger partial charge in [0, 0.05) is 33.6 Å². The van der Waals surface area contributed by atoms with Crippen molar-refractivity contribution in [2.45, 2.75) is 0 Å². The Labute approximate surface area is 99.3 Å². The minimum Gasteiger partial charge on any atom is -0.465 e. The first-order chi connectivity index (χ1) is 6.36. The van der Waals surface area contributed by atoms with Crippen LogP contribution in [0, 0.1) is 10.8 Å². The zero-order valence-corrected chi connectivity index (χ0v) is 11.4. The second kappa shape index (κ2) is 10.6. The van der Waals surface area contributed by atoms with Crippen LogP contribution >= 0.6 is 0 Å². The normalized spacial score (nSPS) is 7.07. The van der Waals surface area contributed by atoms with Crippen LogP contribution in [0.2, 0.25) is 0 Å². The third kappa shape index (κ3) is 12.5. The molecule has 0 rings (SSSR count). The first-order valence-corrected chi connectivity index (χ1v) is 3.29. The third-order valence-electron chi connectivity index (χ3n) is 0.991. The van der Waals surface area contributed by atoms with E-state index in [9.17, 15) is 9.59 Å². The topological polar surface area (TPSA) is 129 Å². The maximum absolute atomic E-state index is 9.70. The number of amides is 2. The minimum absolute atomic E-state index is 0. The molecule has 0 bridgehead atoms. The van der Waals surface area contributed by atoms with Crippen LogP contribution in [-0.2, 0) is 19.5 Å². The van der Waals surface area contributed by atoms with Gasteiger partial charge in [0.2, 0.25) is 0 Å². The van der Waals surface area contributed by atoms with Gasteiger partial charge in [0.05, 0.1) is 12.7 Å². The van der Waals surface area contributed by atoms with E-state index >= 15 is 0 Å². The Balaban J connectivity index is -0.000000180. The Kier molecular flexibility index (Phi) is 13.5. The number of rotatable bonds is 2. The van der Waals surface area contributed by atoms with Crippen molar-refractivity contribution in [3.63, 3.8) is 0 Å². The molecule has 0 aromatic rings. The summed E-state index contributed by atoms with van der Waals surface area (Å²) in [5, 5.41) is 28.6. The average Bonchev–Trinajstić information content (AvgIpc) is 2.15. The fourth-order valence-corrected chi connectivity index (χ4v) is 0.110. The van der Waals surface area contributed by atoms with Gasteiger partial charge in [-0.2, -0.15) is 0 Å². The van der Waals surface area contributed by atoms with Gasteiger partial charge in [0.1, 0.15) is 0 Å². The number of hydrogen-bond acceptors (Lipinski definition) is 4. The molecule has 15 heavy (non-hydrogen) atoms. The van der Waals surface area contributed by atoms with Gasteiger partial charge in [-0.3, -0.25) is 20.6 Å². The summed E-state index contributed by atoms with van der Waals surface area (Å²) in [4.78, 5) is 20.9. The molecule has 0 unspecified atom stereocenters. The third-order valence-corrected chi connectivity index (χ3v) is 0.991. The van der Waals surface area contributed by atoms with E-state index in [0.717, 1.165) is 22.5 Å². The molecule has 0 aliphatic carbocycles. The van der Waals surface area contributed by atoms with Crippen molar-refractivity contribution in [2.75, 3.05) is 14.1 Å². The van der Waals surface area contributed by atoms with Crippen molar-refractivity contribution in [1.29, 1.82) is 10.8 Å². The molecular formula is C6H12N4O4Zn. The van der Waals surface area contributed by atoms with Crippen molar-refractivity contribution in [3.8, 4) is 0 Å². The quantitative estimate of drug-likeness (QED) is 0.328. The molecule has 4 N–H and O–H groups in total. The first-order valence-electron chi connectivity index (χ1n) is 3.29. The smallest absolute Gasteiger partial charge is 0.412 e. The maximum atomic E-state index is 9.70. The van der Waals surface area contributed by atoms with Gasteiger partial charge in [-0.25, -0.2) is 9.59 Å². The van der Waals surface area contributed by atoms with Gasteiger partial charge < -0.3 is 10.2 Å². The molecule has 2 amide bonds. The molecule has 8 nitrogen and oxygen atoms in total. The van der Waals surface area contributed by atoms with E-state index in [1.54, 1.807) is 0 Å². The molecule has 0 radical (unpaired) electrons. The van der Waals surface area contributed by atoms with Crippen molar-refractivity contribution in [2.24, 2.45) is 0 Å². The van der Waals surface area contributed by atoms with Gasteiger partial charge >= 0.3 is 12.2 Å². The number of hydrogen-bond donors (Lipinski definition) is 4. The summed E-state index contributed by atoms with van der Waals surface area (Å²) >= 11 is 0. The molecule has 0 atom stereocenters. The van der Waals surface area contributed by atoms with E-state index in [1.807, 2.05) is 0 Å². The Morgan fingerprint density at radius 3 is 1.20 bits per heavy atom. The molecule has 0 spiro atoms. The number of nitrogens with one attached hydrogen (secondary N) is 2. The molecule has 9 heteroatoms. The van der Waals surface area contributed by atoms with E-state index in [-0.39, 0.29) is 19.5 Å². The van der Waals surface area contributed by atoms with Crippen LogP contribution in [0.1, 0.15) is 0 Å². The molecule has 0 aromatic heterocycles. The Hall–Kier alpha value is -1.50. The van der Waals surface area contributed by atoms with Gasteiger partial charge in [-0.05, 0) is 0 Å². The fraction of sp³-hybridized carbons (Fsp3) is 0.333. The van der Waals surface area contributed by atoms with Gasteiger partial charge in [-0.15, -0.1) is 0 Å². The monoisotopic (exact) mass is 268 g/mol. The molecule has 0 saturated carbocycles. The van der Waals surface area contributed by atoms with Crippen molar-refractivity contribution < 1.29 is 39.3 Å². The summed E-state index contributed by atoms with van der Waals surface area (Å²) in [6, 6.07) is 0. The number of nitrogens with zero attached hydrogens (tertiary/aromatic N) is 2. The zero-order chi connectivity index (χ0) is 11.7. The Morgan fingerprint density at radius 2 is 1.20 bits per heavy atom. The largest absolute Gasteiger partial charge is 0.465 e. The summed E-state index contributed by atoms with van der Waals surface area (Å²) in [6.07, 6.45) is -0.782. The van der Waals surface area contributed by atoms with Crippen LogP contribution in [0.3, 0.4) is 0 Å². The molecule has 0 fully saturated rings. The fourth-order valence-electron chi connectivity index (χ4n) is 0.110. The predicted molar refractivity (Wildman–Crippen MR) is 49.1 cm³/mol. The van der Waals surface area contributed by atoms with Gasteiger partial charge in [0.15, 0.2) is 0 Å². The molecule has 0 aromatic carbocycles. The van der Waals surface area contributed by atoms with Crippen molar-refractivity contribution in [1.82, 2.24) is 9.80 Å². The molecular weight excluding hydrogens is 257 g/mol. The molecule has 82 valence electrons. The second-order valence-electron chi connectivity index (χ2n) is 2.05. The van der Waals surface area contributed by atoms with Crippen LogP contribution in [0.5, 0.6) is 0 Å².